The molecule has 1 amide bonds. The number of carbonyl (C=O) groups is 1. The predicted octanol–water partition coefficient (Wildman–Crippen LogP) is 1.96. The predicted molar refractivity (Wildman–Crippen MR) is 85.7 cm³/mol. The molecule has 0 aliphatic heterocycles. The van der Waals surface area contributed by atoms with E-state index >= 15 is 0 Å². The molecular formula is C18H21NO3. The molecule has 22 heavy (non-hydrogen) atoms. The van der Waals surface area contributed by atoms with E-state index in [-0.39, 0.29) is 24.3 Å². The number of hydrogen-bond donors (Lipinski definition) is 3. The average Bonchev–Trinajstić information content (AvgIpc) is 2.48. The number of hydrogen-bond acceptors (Lipinski definition) is 3. The molecule has 0 radical (unpaired) electrons. The van der Waals surface area contributed by atoms with Crippen LogP contribution in [0.15, 0.2) is 48.5 Å². The number of nitrogens with one attached hydrogen (secondary N) is 1. The number of phenolic OH excluding ortho intramolecular Hbond substituents is 1. The largest absolute Gasteiger partial charge is 0.508 e. The molecule has 0 saturated heterocycles. The van der Waals surface area contributed by atoms with Gasteiger partial charge in [-0.25, -0.2) is 0 Å². The van der Waals surface area contributed by atoms with Crippen LogP contribution in [0.4, 0.5) is 0 Å². The molecule has 2 rings (SSSR count). The van der Waals surface area contributed by atoms with Crippen LogP contribution in [0.25, 0.3) is 0 Å². The highest BCUT2D eigenvalue weighted by atomic mass is 16.3. The Hall–Kier alpha value is -2.33. The number of carbonyl (C=O) groups excluding carboxylic acids is 1. The first kappa shape index (κ1) is 16.0. The van der Waals surface area contributed by atoms with Gasteiger partial charge in [0, 0.05) is 0 Å². The van der Waals surface area contributed by atoms with Crippen molar-refractivity contribution in [3.05, 3.63) is 65.2 Å². The number of aliphatic hydroxyl groups is 1. The van der Waals surface area contributed by atoms with Gasteiger partial charge < -0.3 is 15.5 Å². The third-order valence-electron chi connectivity index (χ3n) is 3.45. The highest BCUT2D eigenvalue weighted by Crippen LogP contribution is 2.11. The Morgan fingerprint density at radius 1 is 1.14 bits per heavy atom. The number of benzene rings is 2. The molecule has 0 saturated carbocycles. The molecule has 0 heterocycles. The molecule has 0 fully saturated rings. The average molecular weight is 299 g/mol. The molecule has 116 valence electrons. The molecule has 0 aromatic heterocycles. The van der Waals surface area contributed by atoms with Crippen LogP contribution in [-0.2, 0) is 17.6 Å². The maximum atomic E-state index is 12.1. The minimum atomic E-state index is -0.332. The van der Waals surface area contributed by atoms with Gasteiger partial charge in [-0.3, -0.25) is 4.79 Å². The first-order valence-corrected chi connectivity index (χ1v) is 7.30. The monoisotopic (exact) mass is 299 g/mol. The number of rotatable bonds is 6. The number of amides is 1. The fourth-order valence-electron chi connectivity index (χ4n) is 2.36. The third-order valence-corrected chi connectivity index (χ3v) is 3.45. The lowest BCUT2D eigenvalue weighted by Crippen LogP contribution is -2.39. The molecular weight excluding hydrogens is 278 g/mol. The normalized spacial score (nSPS) is 11.9. The molecule has 0 aliphatic carbocycles. The number of aryl methyl sites for hydroxylation is 1. The van der Waals surface area contributed by atoms with E-state index in [4.69, 9.17) is 0 Å². The zero-order valence-corrected chi connectivity index (χ0v) is 12.6. The third kappa shape index (κ3) is 4.90. The fraction of sp³-hybridized carbons (Fsp3) is 0.278. The van der Waals surface area contributed by atoms with Crippen LogP contribution in [0, 0.1) is 6.92 Å². The highest BCUT2D eigenvalue weighted by Gasteiger charge is 2.12. The molecule has 4 heteroatoms. The number of phenols is 1. The molecule has 0 spiro atoms. The lowest BCUT2D eigenvalue weighted by Gasteiger charge is -2.16. The van der Waals surface area contributed by atoms with Crippen molar-refractivity contribution in [3.8, 4) is 5.75 Å². The summed E-state index contributed by atoms with van der Waals surface area (Å²) in [5, 5.41) is 21.5. The summed E-state index contributed by atoms with van der Waals surface area (Å²) in [6, 6.07) is 14.2. The van der Waals surface area contributed by atoms with E-state index in [2.05, 4.69) is 5.32 Å². The lowest BCUT2D eigenvalue weighted by molar-refractivity contribution is -0.121. The Balaban J connectivity index is 1.91. The van der Waals surface area contributed by atoms with Crippen LogP contribution in [0.1, 0.15) is 16.7 Å². The van der Waals surface area contributed by atoms with Gasteiger partial charge >= 0.3 is 0 Å². The van der Waals surface area contributed by atoms with E-state index in [1.807, 2.05) is 31.2 Å². The van der Waals surface area contributed by atoms with Gasteiger partial charge in [-0.2, -0.15) is 0 Å². The summed E-state index contributed by atoms with van der Waals surface area (Å²) in [5.41, 5.74) is 3.03. The Kier molecular flexibility index (Phi) is 5.55. The van der Waals surface area contributed by atoms with Crippen LogP contribution >= 0.6 is 0 Å². The van der Waals surface area contributed by atoms with Crippen molar-refractivity contribution in [1.29, 1.82) is 0 Å². The van der Waals surface area contributed by atoms with Gasteiger partial charge in [0.25, 0.3) is 0 Å². The van der Waals surface area contributed by atoms with E-state index < -0.39 is 0 Å². The van der Waals surface area contributed by atoms with Crippen LogP contribution < -0.4 is 5.32 Å². The van der Waals surface area contributed by atoms with Gasteiger partial charge in [-0.05, 0) is 36.6 Å². The zero-order chi connectivity index (χ0) is 15.9. The molecule has 0 unspecified atom stereocenters. The smallest absolute Gasteiger partial charge is 0.224 e. The second-order valence-corrected chi connectivity index (χ2v) is 5.48. The van der Waals surface area contributed by atoms with Crippen LogP contribution in [0.3, 0.4) is 0 Å². The summed E-state index contributed by atoms with van der Waals surface area (Å²) in [6.45, 7) is 1.86. The Morgan fingerprint density at radius 2 is 1.86 bits per heavy atom. The molecule has 2 aromatic carbocycles. The van der Waals surface area contributed by atoms with Crippen LogP contribution in [-0.4, -0.2) is 28.8 Å². The summed E-state index contributed by atoms with van der Waals surface area (Å²) < 4.78 is 0. The maximum absolute atomic E-state index is 12.1. The number of aromatic hydroxyl groups is 1. The van der Waals surface area contributed by atoms with Crippen molar-refractivity contribution in [2.75, 3.05) is 6.61 Å². The summed E-state index contributed by atoms with van der Waals surface area (Å²) in [4.78, 5) is 12.1. The molecule has 0 aliphatic rings. The standard InChI is InChI=1S/C18H21NO3/c1-13-3-2-4-15(9-13)11-18(22)19-16(12-20)10-14-5-7-17(21)8-6-14/h2-9,16,20-21H,10-12H2,1H3,(H,19,22)/t16-/m0/s1. The van der Waals surface area contributed by atoms with Crippen molar-refractivity contribution in [3.63, 3.8) is 0 Å². The van der Waals surface area contributed by atoms with Gasteiger partial charge in [0.15, 0.2) is 0 Å². The van der Waals surface area contributed by atoms with E-state index in [0.717, 1.165) is 16.7 Å². The van der Waals surface area contributed by atoms with E-state index in [9.17, 15) is 15.0 Å². The Morgan fingerprint density at radius 3 is 2.50 bits per heavy atom. The quantitative estimate of drug-likeness (QED) is 0.764. The van der Waals surface area contributed by atoms with E-state index in [1.54, 1.807) is 24.3 Å². The van der Waals surface area contributed by atoms with E-state index in [1.165, 1.54) is 0 Å². The van der Waals surface area contributed by atoms with Crippen molar-refractivity contribution in [2.24, 2.45) is 0 Å². The maximum Gasteiger partial charge on any atom is 0.224 e. The molecule has 4 nitrogen and oxygen atoms in total. The van der Waals surface area contributed by atoms with Gasteiger partial charge in [0.1, 0.15) is 5.75 Å². The first-order chi connectivity index (χ1) is 10.6. The SMILES string of the molecule is Cc1cccc(CC(=O)N[C@H](CO)Cc2ccc(O)cc2)c1. The number of aliphatic hydroxyl groups excluding tert-OH is 1. The lowest BCUT2D eigenvalue weighted by atomic mass is 10.1. The Labute approximate surface area is 130 Å². The minimum absolute atomic E-state index is 0.108. The fourth-order valence-corrected chi connectivity index (χ4v) is 2.36. The summed E-state index contributed by atoms with van der Waals surface area (Å²) in [6.07, 6.45) is 0.824. The van der Waals surface area contributed by atoms with Gasteiger partial charge in [0.2, 0.25) is 5.91 Å². The van der Waals surface area contributed by atoms with Gasteiger partial charge in [-0.1, -0.05) is 42.0 Å². The molecule has 3 N–H and O–H groups in total. The first-order valence-electron chi connectivity index (χ1n) is 7.30. The molecule has 2 aromatic rings. The van der Waals surface area contributed by atoms with Gasteiger partial charge in [0.05, 0.1) is 19.1 Å². The van der Waals surface area contributed by atoms with Crippen LogP contribution in [0.2, 0.25) is 0 Å². The second-order valence-electron chi connectivity index (χ2n) is 5.48. The van der Waals surface area contributed by atoms with Crippen molar-refractivity contribution < 1.29 is 15.0 Å². The van der Waals surface area contributed by atoms with Crippen LogP contribution in [0.5, 0.6) is 5.75 Å². The topological polar surface area (TPSA) is 69.6 Å². The highest BCUT2D eigenvalue weighted by molar-refractivity contribution is 5.78. The van der Waals surface area contributed by atoms with Crippen molar-refractivity contribution >= 4 is 5.91 Å². The van der Waals surface area contributed by atoms with Crippen molar-refractivity contribution in [2.45, 2.75) is 25.8 Å². The summed E-state index contributed by atoms with van der Waals surface area (Å²) >= 11 is 0. The van der Waals surface area contributed by atoms with Crippen molar-refractivity contribution in [1.82, 2.24) is 5.32 Å². The summed E-state index contributed by atoms with van der Waals surface area (Å²) in [5.74, 6) is 0.0937. The molecule has 0 bridgehead atoms. The minimum Gasteiger partial charge on any atom is -0.508 e. The van der Waals surface area contributed by atoms with Gasteiger partial charge in [-0.15, -0.1) is 0 Å². The Bertz CT molecular complexity index is 622. The second kappa shape index (κ2) is 7.61. The zero-order valence-electron chi connectivity index (χ0n) is 12.6. The summed E-state index contributed by atoms with van der Waals surface area (Å²) in [7, 11) is 0. The van der Waals surface area contributed by atoms with E-state index in [0.29, 0.717) is 12.8 Å². The molecule has 1 atom stereocenters.